The minimum Gasteiger partial charge on any atom is -0.388 e. The number of nitrogens with one attached hydrogen (secondary N) is 6. The topological polar surface area (TPSA) is 95.7 Å². The van der Waals surface area contributed by atoms with Crippen molar-refractivity contribution in [2.24, 2.45) is 0 Å². The predicted molar refractivity (Wildman–Crippen MR) is 107 cm³/mol. The van der Waals surface area contributed by atoms with Crippen LogP contribution in [0.2, 0.25) is 0 Å². The van der Waals surface area contributed by atoms with Gasteiger partial charge in [-0.15, -0.1) is 0 Å². The number of allylic oxidation sites excluding steroid dienone is 1. The van der Waals surface area contributed by atoms with E-state index in [1.165, 1.54) is 5.57 Å². The lowest BCUT2D eigenvalue weighted by molar-refractivity contribution is -0.119. The van der Waals surface area contributed by atoms with E-state index in [0.29, 0.717) is 25.9 Å². The van der Waals surface area contributed by atoms with Crippen LogP contribution in [-0.4, -0.2) is 85.8 Å². The van der Waals surface area contributed by atoms with Gasteiger partial charge in [0.25, 0.3) is 0 Å². The molecular weight excluding hydrogens is 361 g/mol. The molecule has 0 aromatic heterocycles. The molecule has 0 aromatic carbocycles. The minimum absolute atomic E-state index is 0.0395. The lowest BCUT2D eigenvalue weighted by Crippen LogP contribution is -2.76. The fraction of sp³-hybridized carbons (Fsp3) is 0.895. The van der Waals surface area contributed by atoms with Crippen molar-refractivity contribution in [3.63, 3.8) is 0 Å². The number of rotatable bonds is 6. The summed E-state index contributed by atoms with van der Waals surface area (Å²) in [7, 11) is 0. The van der Waals surface area contributed by atoms with E-state index < -0.39 is 11.8 Å². The van der Waals surface area contributed by atoms with E-state index in [4.69, 9.17) is 0 Å². The number of halogens is 1. The summed E-state index contributed by atoms with van der Waals surface area (Å²) in [5, 5.41) is 31.5. The number of alkyl halides is 1. The molecule has 0 aromatic rings. The van der Waals surface area contributed by atoms with Gasteiger partial charge in [0, 0.05) is 45.7 Å². The van der Waals surface area contributed by atoms with Crippen molar-refractivity contribution in [3.8, 4) is 0 Å². The summed E-state index contributed by atoms with van der Waals surface area (Å²) in [6.07, 6.45) is 4.84. The molecule has 28 heavy (non-hydrogen) atoms. The van der Waals surface area contributed by atoms with Crippen LogP contribution in [0.4, 0.5) is 4.39 Å². The third kappa shape index (κ3) is 5.48. The molecule has 0 saturated carbocycles. The van der Waals surface area contributed by atoms with Gasteiger partial charge in [-0.3, -0.25) is 31.5 Å². The summed E-state index contributed by atoms with van der Waals surface area (Å²) in [5.41, 5.74) is 0.706. The Morgan fingerprint density at radius 3 is 2.82 bits per heavy atom. The van der Waals surface area contributed by atoms with E-state index in [2.05, 4.69) is 36.8 Å². The van der Waals surface area contributed by atoms with Crippen molar-refractivity contribution in [2.75, 3.05) is 39.3 Å². The Kier molecular flexibility index (Phi) is 6.63. The Morgan fingerprint density at radius 2 is 2.14 bits per heavy atom. The zero-order valence-corrected chi connectivity index (χ0v) is 16.8. The van der Waals surface area contributed by atoms with E-state index in [0.717, 1.165) is 39.0 Å². The summed E-state index contributed by atoms with van der Waals surface area (Å²) in [5.74, 6) is 0. The van der Waals surface area contributed by atoms with Gasteiger partial charge in [-0.1, -0.05) is 11.6 Å². The van der Waals surface area contributed by atoms with Gasteiger partial charge < -0.3 is 10.4 Å². The maximum Gasteiger partial charge on any atom is 0.114 e. The maximum atomic E-state index is 13.3. The number of aliphatic hydroxyl groups is 1. The number of piperazine rings is 1. The second-order valence-electron chi connectivity index (χ2n) is 8.96. The van der Waals surface area contributed by atoms with Gasteiger partial charge in [-0.25, -0.2) is 4.39 Å². The van der Waals surface area contributed by atoms with Crippen molar-refractivity contribution in [2.45, 2.75) is 69.2 Å². The van der Waals surface area contributed by atoms with E-state index in [1.54, 1.807) is 0 Å². The second kappa shape index (κ2) is 9.01. The van der Waals surface area contributed by atoms with Crippen LogP contribution in [0.25, 0.3) is 0 Å². The van der Waals surface area contributed by atoms with Crippen LogP contribution < -0.4 is 31.9 Å². The van der Waals surface area contributed by atoms with Gasteiger partial charge in [0.15, 0.2) is 0 Å². The molecule has 3 saturated heterocycles. The van der Waals surface area contributed by atoms with Crippen LogP contribution in [0.15, 0.2) is 11.6 Å². The summed E-state index contributed by atoms with van der Waals surface area (Å²) in [6.45, 7) is 6.91. The molecule has 7 N–H and O–H groups in total. The molecule has 0 spiro atoms. The molecule has 3 fully saturated rings. The highest BCUT2D eigenvalue weighted by Crippen LogP contribution is 2.24. The van der Waals surface area contributed by atoms with Crippen LogP contribution in [0.3, 0.4) is 0 Å². The molecular formula is C19H36FN7O. The molecule has 4 rings (SSSR count). The smallest absolute Gasteiger partial charge is 0.114 e. The average molecular weight is 398 g/mol. The molecule has 0 amide bonds. The van der Waals surface area contributed by atoms with Crippen LogP contribution in [0.5, 0.6) is 0 Å². The van der Waals surface area contributed by atoms with Crippen LogP contribution in [0, 0.1) is 0 Å². The molecule has 160 valence electrons. The van der Waals surface area contributed by atoms with Gasteiger partial charge in [0.2, 0.25) is 0 Å². The van der Waals surface area contributed by atoms with Gasteiger partial charge in [0.1, 0.15) is 12.5 Å². The van der Waals surface area contributed by atoms with E-state index >= 15 is 0 Å². The molecule has 9 heteroatoms. The SMILES string of the molecule is CC1(O)CN(C2CC(NC3CNCCN3)NC(NCC3=CCC(F)CC3)N2)C1. The maximum absolute atomic E-state index is 13.3. The predicted octanol–water partition coefficient (Wildman–Crippen LogP) is -1.28. The molecule has 0 bridgehead atoms. The standard InChI is InChI=1S/C19H36FN7O/c1-19(28)11-27(12-19)17-8-15(24-16-10-21-6-7-22-16)25-18(26-17)23-9-13-2-4-14(20)5-3-13/h2,14-18,21-26,28H,3-12H2,1H3. The van der Waals surface area contributed by atoms with Crippen molar-refractivity contribution in [1.29, 1.82) is 0 Å². The highest BCUT2D eigenvalue weighted by molar-refractivity contribution is 5.09. The number of likely N-dealkylation sites (tertiary alicyclic amines) is 1. The lowest BCUT2D eigenvalue weighted by Gasteiger charge is -2.52. The molecule has 4 aliphatic rings. The van der Waals surface area contributed by atoms with Gasteiger partial charge in [-0.2, -0.15) is 0 Å². The highest BCUT2D eigenvalue weighted by Gasteiger charge is 2.43. The quantitative estimate of drug-likeness (QED) is 0.279. The normalized spacial score (nSPS) is 39.2. The fourth-order valence-corrected chi connectivity index (χ4v) is 4.60. The molecule has 3 heterocycles. The number of β-amino-alcohol motifs (C(OH)–C–C–N with tert-alkyl or cyclic N) is 1. The molecule has 3 aliphatic heterocycles. The summed E-state index contributed by atoms with van der Waals surface area (Å²) in [6, 6.07) is 0. The van der Waals surface area contributed by atoms with Crippen molar-refractivity contribution in [3.05, 3.63) is 11.6 Å². The van der Waals surface area contributed by atoms with Crippen molar-refractivity contribution < 1.29 is 9.50 Å². The minimum atomic E-state index is -0.677. The number of hydrogen-bond donors (Lipinski definition) is 7. The van der Waals surface area contributed by atoms with Gasteiger partial charge in [0.05, 0.1) is 24.1 Å². The largest absolute Gasteiger partial charge is 0.388 e. The Morgan fingerprint density at radius 1 is 1.29 bits per heavy atom. The molecule has 5 unspecified atom stereocenters. The molecule has 5 atom stereocenters. The summed E-state index contributed by atoms with van der Waals surface area (Å²) < 4.78 is 13.3. The van der Waals surface area contributed by atoms with Gasteiger partial charge in [-0.05, 0) is 26.2 Å². The number of hydrogen-bond acceptors (Lipinski definition) is 8. The monoisotopic (exact) mass is 397 g/mol. The first-order valence-electron chi connectivity index (χ1n) is 10.7. The molecule has 0 radical (unpaired) electrons. The van der Waals surface area contributed by atoms with Crippen molar-refractivity contribution >= 4 is 0 Å². The van der Waals surface area contributed by atoms with E-state index in [-0.39, 0.29) is 24.8 Å². The molecule has 8 nitrogen and oxygen atoms in total. The van der Waals surface area contributed by atoms with Crippen molar-refractivity contribution in [1.82, 2.24) is 36.8 Å². The van der Waals surface area contributed by atoms with Crippen LogP contribution >= 0.6 is 0 Å². The van der Waals surface area contributed by atoms with E-state index in [1.807, 2.05) is 13.0 Å². The lowest BCUT2D eigenvalue weighted by atomic mass is 9.95. The van der Waals surface area contributed by atoms with Crippen LogP contribution in [-0.2, 0) is 0 Å². The number of nitrogens with zero attached hydrogens (tertiary/aromatic N) is 1. The fourth-order valence-electron chi connectivity index (χ4n) is 4.60. The first-order chi connectivity index (χ1) is 13.5. The average Bonchev–Trinajstić information content (AvgIpc) is 2.66. The highest BCUT2D eigenvalue weighted by atomic mass is 19.1. The third-order valence-corrected chi connectivity index (χ3v) is 6.13. The van der Waals surface area contributed by atoms with Gasteiger partial charge >= 0.3 is 0 Å². The summed E-state index contributed by atoms with van der Waals surface area (Å²) in [4.78, 5) is 2.30. The molecule has 1 aliphatic carbocycles. The second-order valence-corrected chi connectivity index (χ2v) is 8.96. The summed E-state index contributed by atoms with van der Waals surface area (Å²) >= 11 is 0. The Bertz CT molecular complexity index is 546. The Hall–Kier alpha value is -0.650. The zero-order valence-electron chi connectivity index (χ0n) is 16.8. The zero-order chi connectivity index (χ0) is 19.6. The van der Waals surface area contributed by atoms with E-state index in [9.17, 15) is 9.50 Å². The first kappa shape index (κ1) is 20.6. The van der Waals surface area contributed by atoms with Crippen LogP contribution in [0.1, 0.15) is 32.6 Å². The Balaban J connectivity index is 1.32. The third-order valence-electron chi connectivity index (χ3n) is 6.13. The Labute approximate surface area is 167 Å². The first-order valence-corrected chi connectivity index (χ1v) is 10.7.